The molecular formula is C26H20ClNO6. The summed E-state index contributed by atoms with van der Waals surface area (Å²) in [5.74, 6) is -1.62. The number of Topliss-reactive ketones (excluding diaryl/α,β-unsaturated/α-hetero) is 1. The summed E-state index contributed by atoms with van der Waals surface area (Å²) in [6, 6.07) is 17.0. The third kappa shape index (κ3) is 4.43. The Morgan fingerprint density at radius 3 is 2.29 bits per heavy atom. The molecule has 0 aliphatic carbocycles. The lowest BCUT2D eigenvalue weighted by Gasteiger charge is -2.14. The predicted octanol–water partition coefficient (Wildman–Crippen LogP) is 4.97. The molecule has 0 saturated heterocycles. The number of benzene rings is 3. The lowest BCUT2D eigenvalue weighted by atomic mass is 10.1. The number of fused-ring (bicyclic) bond motifs is 1. The van der Waals surface area contributed by atoms with Crippen molar-refractivity contribution < 1.29 is 28.7 Å². The molecule has 0 bridgehead atoms. The van der Waals surface area contributed by atoms with Crippen LogP contribution in [0.25, 0.3) is 0 Å². The van der Waals surface area contributed by atoms with Gasteiger partial charge < -0.3 is 9.47 Å². The fourth-order valence-corrected chi connectivity index (χ4v) is 3.81. The molecule has 172 valence electrons. The SMILES string of the molecule is CCOc1ccc(N2C(=O)c3ccc(C(=O)OC(C)C(=O)c4cccc(Cl)c4)cc3C2=O)cc1. The quantitative estimate of drug-likeness (QED) is 0.271. The number of ether oxygens (including phenoxy) is 2. The smallest absolute Gasteiger partial charge is 0.338 e. The van der Waals surface area contributed by atoms with Gasteiger partial charge in [0.2, 0.25) is 5.78 Å². The number of carbonyl (C=O) groups is 4. The van der Waals surface area contributed by atoms with Crippen LogP contribution in [0.1, 0.15) is 55.3 Å². The van der Waals surface area contributed by atoms with Gasteiger partial charge in [-0.2, -0.15) is 0 Å². The Morgan fingerprint density at radius 2 is 1.62 bits per heavy atom. The maximum atomic E-state index is 13.0. The second kappa shape index (κ2) is 9.49. The van der Waals surface area contributed by atoms with Gasteiger partial charge in [-0.3, -0.25) is 14.4 Å². The summed E-state index contributed by atoms with van der Waals surface area (Å²) in [5, 5.41) is 0.392. The topological polar surface area (TPSA) is 90.0 Å². The third-order valence-electron chi connectivity index (χ3n) is 5.29. The molecule has 0 spiro atoms. The van der Waals surface area contributed by atoms with E-state index in [0.717, 1.165) is 4.90 Å². The number of anilines is 1. The number of amides is 2. The molecule has 8 heteroatoms. The Morgan fingerprint density at radius 1 is 0.912 bits per heavy atom. The Labute approximate surface area is 200 Å². The second-order valence-electron chi connectivity index (χ2n) is 7.56. The molecular weight excluding hydrogens is 458 g/mol. The molecule has 4 rings (SSSR count). The van der Waals surface area contributed by atoms with Gasteiger partial charge in [0, 0.05) is 10.6 Å². The Bertz CT molecular complexity index is 1300. The van der Waals surface area contributed by atoms with E-state index in [0.29, 0.717) is 28.6 Å². The Balaban J connectivity index is 1.52. The van der Waals surface area contributed by atoms with Crippen LogP contribution >= 0.6 is 11.6 Å². The monoisotopic (exact) mass is 477 g/mol. The minimum Gasteiger partial charge on any atom is -0.494 e. The molecule has 1 unspecified atom stereocenters. The number of nitrogens with zero attached hydrogens (tertiary/aromatic N) is 1. The summed E-state index contributed by atoms with van der Waals surface area (Å²) >= 11 is 5.92. The van der Waals surface area contributed by atoms with Gasteiger partial charge in [0.15, 0.2) is 6.10 Å². The number of hydrogen-bond donors (Lipinski definition) is 0. The van der Waals surface area contributed by atoms with Crippen molar-refractivity contribution in [3.05, 3.63) is 94.0 Å². The van der Waals surface area contributed by atoms with Crippen LogP contribution in [-0.4, -0.2) is 36.3 Å². The van der Waals surface area contributed by atoms with Crippen LogP contribution in [0.4, 0.5) is 5.69 Å². The summed E-state index contributed by atoms with van der Waals surface area (Å²) in [6.45, 7) is 3.81. The van der Waals surface area contributed by atoms with Gasteiger partial charge in [0.05, 0.1) is 29.0 Å². The standard InChI is InChI=1S/C26H20ClNO6/c1-3-33-20-10-8-19(9-11-20)28-24(30)21-12-7-17(14-22(21)25(28)31)26(32)34-15(2)23(29)16-5-4-6-18(27)13-16/h4-15H,3H2,1-2H3. The largest absolute Gasteiger partial charge is 0.494 e. The molecule has 0 aromatic heterocycles. The van der Waals surface area contributed by atoms with E-state index in [1.165, 1.54) is 31.2 Å². The molecule has 1 aliphatic rings. The molecule has 34 heavy (non-hydrogen) atoms. The van der Waals surface area contributed by atoms with Gasteiger partial charge in [-0.15, -0.1) is 0 Å². The van der Waals surface area contributed by atoms with Gasteiger partial charge >= 0.3 is 5.97 Å². The van der Waals surface area contributed by atoms with Crippen LogP contribution in [0.2, 0.25) is 5.02 Å². The molecule has 1 aliphatic heterocycles. The normalized spacial score (nSPS) is 13.4. The molecule has 0 radical (unpaired) electrons. The van der Waals surface area contributed by atoms with Crippen LogP contribution in [0.5, 0.6) is 5.75 Å². The summed E-state index contributed by atoms with van der Waals surface area (Å²) < 4.78 is 10.7. The first-order chi connectivity index (χ1) is 16.3. The molecule has 1 atom stereocenters. The highest BCUT2D eigenvalue weighted by Crippen LogP contribution is 2.30. The van der Waals surface area contributed by atoms with E-state index in [1.54, 1.807) is 42.5 Å². The first kappa shape index (κ1) is 23.2. The fourth-order valence-electron chi connectivity index (χ4n) is 3.62. The molecule has 2 amide bonds. The third-order valence-corrected chi connectivity index (χ3v) is 5.53. The number of imide groups is 1. The number of rotatable bonds is 7. The second-order valence-corrected chi connectivity index (χ2v) is 7.99. The van der Waals surface area contributed by atoms with E-state index >= 15 is 0 Å². The van der Waals surface area contributed by atoms with Gasteiger partial charge in [-0.1, -0.05) is 23.7 Å². The van der Waals surface area contributed by atoms with E-state index in [4.69, 9.17) is 21.1 Å². The first-order valence-electron chi connectivity index (χ1n) is 10.6. The highest BCUT2D eigenvalue weighted by Gasteiger charge is 2.37. The molecule has 0 N–H and O–H groups in total. The van der Waals surface area contributed by atoms with E-state index in [9.17, 15) is 19.2 Å². The Kier molecular flexibility index (Phi) is 6.47. The van der Waals surface area contributed by atoms with Crippen molar-refractivity contribution in [2.45, 2.75) is 20.0 Å². The molecule has 3 aromatic carbocycles. The Hall–Kier alpha value is -3.97. The van der Waals surface area contributed by atoms with Crippen LogP contribution in [0.15, 0.2) is 66.7 Å². The maximum absolute atomic E-state index is 13.0. The lowest BCUT2D eigenvalue weighted by Crippen LogP contribution is -2.29. The van der Waals surface area contributed by atoms with E-state index in [1.807, 2.05) is 6.92 Å². The average Bonchev–Trinajstić information content (AvgIpc) is 3.08. The van der Waals surface area contributed by atoms with E-state index in [2.05, 4.69) is 0 Å². The summed E-state index contributed by atoms with van der Waals surface area (Å²) in [6.07, 6.45) is -1.07. The van der Waals surface area contributed by atoms with Crippen molar-refractivity contribution in [3.8, 4) is 5.75 Å². The van der Waals surface area contributed by atoms with Crippen molar-refractivity contribution in [2.24, 2.45) is 0 Å². The number of hydrogen-bond acceptors (Lipinski definition) is 6. The van der Waals surface area contributed by atoms with Crippen molar-refractivity contribution in [3.63, 3.8) is 0 Å². The van der Waals surface area contributed by atoms with Crippen molar-refractivity contribution >= 4 is 40.9 Å². The zero-order valence-corrected chi connectivity index (χ0v) is 19.2. The van der Waals surface area contributed by atoms with Gasteiger partial charge in [0.25, 0.3) is 11.8 Å². The highest BCUT2D eigenvalue weighted by atomic mass is 35.5. The molecule has 3 aromatic rings. The van der Waals surface area contributed by atoms with Gasteiger partial charge in [-0.25, -0.2) is 9.69 Å². The van der Waals surface area contributed by atoms with Crippen LogP contribution in [-0.2, 0) is 4.74 Å². The summed E-state index contributed by atoms with van der Waals surface area (Å²) in [5.41, 5.74) is 1.02. The van der Waals surface area contributed by atoms with E-state index < -0.39 is 29.7 Å². The molecule has 0 fully saturated rings. The van der Waals surface area contributed by atoms with Crippen LogP contribution in [0, 0.1) is 0 Å². The number of esters is 1. The maximum Gasteiger partial charge on any atom is 0.338 e. The fraction of sp³-hybridized carbons (Fsp3) is 0.154. The van der Waals surface area contributed by atoms with Crippen molar-refractivity contribution in [1.82, 2.24) is 0 Å². The minimum atomic E-state index is -1.07. The summed E-state index contributed by atoms with van der Waals surface area (Å²) in [7, 11) is 0. The average molecular weight is 478 g/mol. The van der Waals surface area contributed by atoms with Crippen molar-refractivity contribution in [2.75, 3.05) is 11.5 Å². The van der Waals surface area contributed by atoms with Crippen LogP contribution in [0.3, 0.4) is 0 Å². The zero-order valence-electron chi connectivity index (χ0n) is 18.4. The molecule has 0 saturated carbocycles. The van der Waals surface area contributed by atoms with Gasteiger partial charge in [-0.05, 0) is 68.4 Å². The van der Waals surface area contributed by atoms with E-state index in [-0.39, 0.29) is 16.7 Å². The summed E-state index contributed by atoms with van der Waals surface area (Å²) in [4.78, 5) is 52.1. The first-order valence-corrected chi connectivity index (χ1v) is 10.9. The number of carbonyl (C=O) groups excluding carboxylic acids is 4. The molecule has 1 heterocycles. The molecule has 7 nitrogen and oxygen atoms in total. The van der Waals surface area contributed by atoms with Crippen molar-refractivity contribution in [1.29, 1.82) is 0 Å². The highest BCUT2D eigenvalue weighted by molar-refractivity contribution is 6.34. The number of halogens is 1. The van der Waals surface area contributed by atoms with Crippen LogP contribution < -0.4 is 9.64 Å². The minimum absolute atomic E-state index is 0.0548. The lowest BCUT2D eigenvalue weighted by molar-refractivity contribution is 0.0318. The zero-order chi connectivity index (χ0) is 24.4. The number of ketones is 1. The predicted molar refractivity (Wildman–Crippen MR) is 126 cm³/mol. The van der Waals surface area contributed by atoms with Gasteiger partial charge in [0.1, 0.15) is 5.75 Å².